The topological polar surface area (TPSA) is 84.9 Å². The molecule has 0 atom stereocenters. The van der Waals surface area contributed by atoms with Gasteiger partial charge in [-0.2, -0.15) is 0 Å². The van der Waals surface area contributed by atoms with Crippen LogP contribution in [0.15, 0.2) is 71.6 Å². The summed E-state index contributed by atoms with van der Waals surface area (Å²) in [4.78, 5) is 12.8. The summed E-state index contributed by atoms with van der Waals surface area (Å²) in [6, 6.07) is 17.6. The van der Waals surface area contributed by atoms with Gasteiger partial charge < -0.3 is 14.8 Å². The summed E-state index contributed by atoms with van der Waals surface area (Å²) in [6.07, 6.45) is 0.521. The summed E-state index contributed by atoms with van der Waals surface area (Å²) in [7, 11) is -0.944. The molecule has 0 unspecified atom stereocenters. The second kappa shape index (κ2) is 11.5. The van der Waals surface area contributed by atoms with Crippen molar-refractivity contribution in [1.82, 2.24) is 5.32 Å². The molecular formula is C24H24Cl2N2O5S. The minimum atomic E-state index is -4.05. The third-order valence-corrected chi connectivity index (χ3v) is 7.24. The average Bonchev–Trinajstić information content (AvgIpc) is 2.82. The van der Waals surface area contributed by atoms with Crippen LogP contribution in [0.2, 0.25) is 10.0 Å². The molecule has 0 saturated carbocycles. The normalized spacial score (nSPS) is 11.1. The van der Waals surface area contributed by atoms with Crippen LogP contribution in [0.4, 0.5) is 5.69 Å². The van der Waals surface area contributed by atoms with Gasteiger partial charge in [0.2, 0.25) is 5.91 Å². The van der Waals surface area contributed by atoms with Crippen LogP contribution >= 0.6 is 23.2 Å². The Labute approximate surface area is 209 Å². The number of rotatable bonds is 10. The molecular weight excluding hydrogens is 499 g/mol. The van der Waals surface area contributed by atoms with Gasteiger partial charge in [-0.05, 0) is 66.6 Å². The molecule has 0 radical (unpaired) electrons. The molecule has 0 aromatic heterocycles. The van der Waals surface area contributed by atoms with E-state index < -0.39 is 22.5 Å². The number of nitrogens with one attached hydrogen (secondary N) is 1. The summed E-state index contributed by atoms with van der Waals surface area (Å²) < 4.78 is 38.3. The fourth-order valence-electron chi connectivity index (χ4n) is 3.25. The molecule has 0 bridgehead atoms. The van der Waals surface area contributed by atoms with E-state index in [-0.39, 0.29) is 10.6 Å². The fourth-order valence-corrected chi connectivity index (χ4v) is 4.97. The van der Waals surface area contributed by atoms with E-state index >= 15 is 0 Å². The molecule has 3 rings (SSSR count). The van der Waals surface area contributed by atoms with Crippen molar-refractivity contribution in [2.75, 3.05) is 31.6 Å². The highest BCUT2D eigenvalue weighted by atomic mass is 35.5. The van der Waals surface area contributed by atoms with Gasteiger partial charge in [-0.25, -0.2) is 8.42 Å². The highest BCUT2D eigenvalue weighted by Crippen LogP contribution is 2.28. The molecule has 3 aromatic rings. The second-order valence-electron chi connectivity index (χ2n) is 7.23. The SMILES string of the molecule is COc1ccc(CCNC(=O)CN(c2cccc(Cl)c2)S(=O)(=O)c2ccc(Cl)cc2)cc1OC. The Kier molecular flexibility index (Phi) is 8.66. The van der Waals surface area contributed by atoms with Crippen LogP contribution in [-0.2, 0) is 21.2 Å². The number of hydrogen-bond acceptors (Lipinski definition) is 5. The number of hydrogen-bond donors (Lipinski definition) is 1. The zero-order chi connectivity index (χ0) is 24.7. The van der Waals surface area contributed by atoms with Gasteiger partial charge in [-0.1, -0.05) is 35.3 Å². The van der Waals surface area contributed by atoms with Gasteiger partial charge in [0, 0.05) is 16.6 Å². The standard InChI is InChI=1S/C24H24Cl2N2O5S/c1-32-22-11-6-17(14-23(22)33-2)12-13-27-24(29)16-28(20-5-3-4-19(26)15-20)34(30,31)21-9-7-18(25)8-10-21/h3-11,14-15H,12-13,16H2,1-2H3,(H,27,29). The van der Waals surface area contributed by atoms with E-state index in [1.807, 2.05) is 12.1 Å². The predicted octanol–water partition coefficient (Wildman–Crippen LogP) is 4.56. The van der Waals surface area contributed by atoms with E-state index in [1.165, 1.54) is 30.3 Å². The quantitative estimate of drug-likeness (QED) is 0.421. The number of nitrogens with zero attached hydrogens (tertiary/aromatic N) is 1. The van der Waals surface area contributed by atoms with Crippen molar-refractivity contribution in [3.8, 4) is 11.5 Å². The number of benzene rings is 3. The average molecular weight is 523 g/mol. The minimum Gasteiger partial charge on any atom is -0.493 e. The number of carbonyl (C=O) groups excluding carboxylic acids is 1. The first-order chi connectivity index (χ1) is 16.2. The number of ether oxygens (including phenoxy) is 2. The van der Waals surface area contributed by atoms with Gasteiger partial charge in [0.25, 0.3) is 10.0 Å². The molecule has 7 nitrogen and oxygen atoms in total. The third kappa shape index (κ3) is 6.34. The smallest absolute Gasteiger partial charge is 0.264 e. The maximum atomic E-state index is 13.4. The second-order valence-corrected chi connectivity index (χ2v) is 9.97. The van der Waals surface area contributed by atoms with E-state index in [1.54, 1.807) is 38.5 Å². The molecule has 0 aliphatic heterocycles. The molecule has 0 aliphatic rings. The summed E-state index contributed by atoms with van der Waals surface area (Å²) >= 11 is 12.0. The van der Waals surface area contributed by atoms with Crippen LogP contribution in [-0.4, -0.2) is 41.6 Å². The van der Waals surface area contributed by atoms with Crippen molar-refractivity contribution in [3.63, 3.8) is 0 Å². The lowest BCUT2D eigenvalue weighted by atomic mass is 10.1. The van der Waals surface area contributed by atoms with Crippen LogP contribution in [0, 0.1) is 0 Å². The molecule has 10 heteroatoms. The lowest BCUT2D eigenvalue weighted by Gasteiger charge is -2.24. The molecule has 0 saturated heterocycles. The Bertz CT molecular complexity index is 1250. The van der Waals surface area contributed by atoms with Gasteiger partial charge in [0.05, 0.1) is 24.8 Å². The van der Waals surface area contributed by atoms with Crippen molar-refractivity contribution in [2.45, 2.75) is 11.3 Å². The van der Waals surface area contributed by atoms with Gasteiger partial charge in [-0.3, -0.25) is 9.10 Å². The highest BCUT2D eigenvalue weighted by molar-refractivity contribution is 7.92. The van der Waals surface area contributed by atoms with Crippen molar-refractivity contribution in [3.05, 3.63) is 82.3 Å². The number of methoxy groups -OCH3 is 2. The maximum Gasteiger partial charge on any atom is 0.264 e. The molecule has 180 valence electrons. The van der Waals surface area contributed by atoms with Crippen LogP contribution in [0.1, 0.15) is 5.56 Å². The van der Waals surface area contributed by atoms with Crippen molar-refractivity contribution >= 4 is 44.8 Å². The number of sulfonamides is 1. The lowest BCUT2D eigenvalue weighted by molar-refractivity contribution is -0.119. The number of halogens is 2. The van der Waals surface area contributed by atoms with E-state index in [0.717, 1.165) is 9.87 Å². The summed E-state index contributed by atoms with van der Waals surface area (Å²) in [5, 5.41) is 3.53. The van der Waals surface area contributed by atoms with Crippen LogP contribution in [0.3, 0.4) is 0 Å². The van der Waals surface area contributed by atoms with Gasteiger partial charge in [0.1, 0.15) is 6.54 Å². The van der Waals surface area contributed by atoms with E-state index in [0.29, 0.717) is 34.5 Å². The largest absolute Gasteiger partial charge is 0.493 e. The number of carbonyl (C=O) groups is 1. The van der Waals surface area contributed by atoms with Gasteiger partial charge in [-0.15, -0.1) is 0 Å². The van der Waals surface area contributed by atoms with Gasteiger partial charge in [0.15, 0.2) is 11.5 Å². The minimum absolute atomic E-state index is 0.00926. The van der Waals surface area contributed by atoms with Crippen molar-refractivity contribution in [2.24, 2.45) is 0 Å². The van der Waals surface area contributed by atoms with Crippen molar-refractivity contribution < 1.29 is 22.7 Å². The molecule has 0 spiro atoms. The molecule has 34 heavy (non-hydrogen) atoms. The van der Waals surface area contributed by atoms with E-state index in [2.05, 4.69) is 5.32 Å². The molecule has 0 aliphatic carbocycles. The monoisotopic (exact) mass is 522 g/mol. The fraction of sp³-hybridized carbons (Fsp3) is 0.208. The summed E-state index contributed by atoms with van der Waals surface area (Å²) in [6.45, 7) is -0.115. The zero-order valence-electron chi connectivity index (χ0n) is 18.6. The lowest BCUT2D eigenvalue weighted by Crippen LogP contribution is -2.41. The highest BCUT2D eigenvalue weighted by Gasteiger charge is 2.27. The van der Waals surface area contributed by atoms with Crippen LogP contribution < -0.4 is 19.1 Å². The first kappa shape index (κ1) is 25.7. The Morgan fingerprint density at radius 2 is 1.62 bits per heavy atom. The van der Waals surface area contributed by atoms with Crippen LogP contribution in [0.5, 0.6) is 11.5 Å². The first-order valence-electron chi connectivity index (χ1n) is 10.3. The van der Waals surface area contributed by atoms with Crippen molar-refractivity contribution in [1.29, 1.82) is 0 Å². The first-order valence-corrected chi connectivity index (χ1v) is 12.5. The Morgan fingerprint density at radius 1 is 0.912 bits per heavy atom. The van der Waals surface area contributed by atoms with E-state index in [9.17, 15) is 13.2 Å². The predicted molar refractivity (Wildman–Crippen MR) is 134 cm³/mol. The molecule has 1 N–H and O–H groups in total. The Morgan fingerprint density at radius 3 is 2.26 bits per heavy atom. The zero-order valence-corrected chi connectivity index (χ0v) is 21.0. The molecule has 3 aromatic carbocycles. The van der Waals surface area contributed by atoms with Crippen LogP contribution in [0.25, 0.3) is 0 Å². The molecule has 0 fully saturated rings. The molecule has 1 amide bonds. The number of amides is 1. The van der Waals surface area contributed by atoms with Gasteiger partial charge >= 0.3 is 0 Å². The summed E-state index contributed by atoms with van der Waals surface area (Å²) in [5.41, 5.74) is 1.20. The maximum absolute atomic E-state index is 13.4. The number of anilines is 1. The third-order valence-electron chi connectivity index (χ3n) is 4.97. The van der Waals surface area contributed by atoms with E-state index in [4.69, 9.17) is 32.7 Å². The Hall–Kier alpha value is -2.94. The molecule has 0 heterocycles. The Balaban J connectivity index is 1.75. The summed E-state index contributed by atoms with van der Waals surface area (Å²) in [5.74, 6) is 0.741.